The van der Waals surface area contributed by atoms with E-state index in [9.17, 15) is 4.79 Å². The highest BCUT2D eigenvalue weighted by atomic mass is 127. The Hall–Kier alpha value is -2.36. The van der Waals surface area contributed by atoms with Crippen molar-refractivity contribution in [2.24, 2.45) is 4.99 Å². The van der Waals surface area contributed by atoms with Crippen LogP contribution in [0.3, 0.4) is 0 Å². The van der Waals surface area contributed by atoms with Gasteiger partial charge in [-0.1, -0.05) is 45.7 Å². The maximum absolute atomic E-state index is 12.4. The normalized spacial score (nSPS) is 14.3. The number of carbonyl (C=O) groups is 1. The van der Waals surface area contributed by atoms with E-state index in [0.29, 0.717) is 28.7 Å². The van der Waals surface area contributed by atoms with Gasteiger partial charge in [-0.3, -0.25) is 0 Å². The number of esters is 1. The standard InChI is InChI=1S/C24H16BrClINO4/c1-30-22-11-14(5-8-21(22)31-13-15-3-2-4-16(25)9-15)10-20-24(29)32-23(28-20)18-12-17(27)6-7-19(18)26/h2-12H,13H2,1H3/b20-10-. The first-order valence-corrected chi connectivity index (χ1v) is 11.7. The number of nitrogens with zero attached hydrogens (tertiary/aromatic N) is 1. The molecule has 0 atom stereocenters. The van der Waals surface area contributed by atoms with Crippen molar-refractivity contribution in [2.45, 2.75) is 6.61 Å². The van der Waals surface area contributed by atoms with Crippen molar-refractivity contribution >= 4 is 68.1 Å². The Balaban J connectivity index is 1.56. The predicted molar refractivity (Wildman–Crippen MR) is 136 cm³/mol. The Morgan fingerprint density at radius 1 is 1.12 bits per heavy atom. The van der Waals surface area contributed by atoms with Gasteiger partial charge in [0.2, 0.25) is 5.90 Å². The van der Waals surface area contributed by atoms with Crippen molar-refractivity contribution in [1.82, 2.24) is 0 Å². The molecule has 1 aliphatic heterocycles. The van der Waals surface area contributed by atoms with Crippen LogP contribution < -0.4 is 9.47 Å². The number of ether oxygens (including phenoxy) is 3. The maximum atomic E-state index is 12.4. The Bertz CT molecular complexity index is 1260. The number of hydrogen-bond acceptors (Lipinski definition) is 5. The highest BCUT2D eigenvalue weighted by Gasteiger charge is 2.26. The van der Waals surface area contributed by atoms with Crippen LogP contribution in [0.5, 0.6) is 11.5 Å². The van der Waals surface area contributed by atoms with Gasteiger partial charge >= 0.3 is 5.97 Å². The van der Waals surface area contributed by atoms with Gasteiger partial charge in [-0.05, 0) is 82.3 Å². The van der Waals surface area contributed by atoms with Crippen LogP contribution in [0, 0.1) is 3.57 Å². The summed E-state index contributed by atoms with van der Waals surface area (Å²) >= 11 is 11.9. The fourth-order valence-electron chi connectivity index (χ4n) is 3.02. The Morgan fingerprint density at radius 2 is 1.97 bits per heavy atom. The minimum absolute atomic E-state index is 0.180. The minimum atomic E-state index is -0.538. The fourth-order valence-corrected chi connectivity index (χ4v) is 4.16. The van der Waals surface area contributed by atoms with Gasteiger partial charge in [0.15, 0.2) is 17.2 Å². The molecule has 0 amide bonds. The van der Waals surface area contributed by atoms with E-state index in [-0.39, 0.29) is 11.6 Å². The number of rotatable bonds is 6. The molecule has 0 radical (unpaired) electrons. The molecule has 0 unspecified atom stereocenters. The van der Waals surface area contributed by atoms with Gasteiger partial charge < -0.3 is 14.2 Å². The molecular formula is C24H16BrClINO4. The number of cyclic esters (lactones) is 1. The van der Waals surface area contributed by atoms with E-state index in [4.69, 9.17) is 25.8 Å². The summed E-state index contributed by atoms with van der Waals surface area (Å²) in [4.78, 5) is 16.7. The summed E-state index contributed by atoms with van der Waals surface area (Å²) in [7, 11) is 1.57. The van der Waals surface area contributed by atoms with E-state index in [0.717, 1.165) is 19.2 Å². The molecule has 0 fully saturated rings. The summed E-state index contributed by atoms with van der Waals surface area (Å²) in [5.41, 5.74) is 2.50. The van der Waals surface area contributed by atoms with Crippen molar-refractivity contribution in [2.75, 3.05) is 7.11 Å². The molecule has 0 saturated heterocycles. The third-order valence-corrected chi connectivity index (χ3v) is 6.05. The molecule has 32 heavy (non-hydrogen) atoms. The fraction of sp³-hybridized carbons (Fsp3) is 0.0833. The second-order valence-corrected chi connectivity index (χ2v) is 9.36. The van der Waals surface area contributed by atoms with E-state index < -0.39 is 5.97 Å². The lowest BCUT2D eigenvalue weighted by molar-refractivity contribution is -0.129. The zero-order valence-electron chi connectivity index (χ0n) is 16.8. The summed E-state index contributed by atoms with van der Waals surface area (Å²) in [6.07, 6.45) is 1.64. The smallest absolute Gasteiger partial charge is 0.363 e. The summed E-state index contributed by atoms with van der Waals surface area (Å²) < 4.78 is 18.7. The lowest BCUT2D eigenvalue weighted by Crippen LogP contribution is -2.06. The summed E-state index contributed by atoms with van der Waals surface area (Å²) in [6, 6.07) is 18.7. The molecule has 0 bridgehead atoms. The first kappa shape index (κ1) is 22.8. The maximum Gasteiger partial charge on any atom is 0.363 e. The lowest BCUT2D eigenvalue weighted by Gasteiger charge is -2.11. The molecule has 0 spiro atoms. The molecule has 1 heterocycles. The molecule has 8 heteroatoms. The van der Waals surface area contributed by atoms with Gasteiger partial charge in [-0.15, -0.1) is 0 Å². The summed E-state index contributed by atoms with van der Waals surface area (Å²) in [6.45, 7) is 0.396. The molecular weight excluding hydrogens is 609 g/mol. The SMILES string of the molecule is COc1cc(/C=C2\N=C(c3cc(I)ccc3Cl)OC2=O)ccc1OCc1cccc(Br)c1. The van der Waals surface area contributed by atoms with Crippen LogP contribution in [0.1, 0.15) is 16.7 Å². The molecule has 0 saturated carbocycles. The van der Waals surface area contributed by atoms with E-state index in [1.54, 1.807) is 31.4 Å². The molecule has 3 aromatic carbocycles. The zero-order valence-corrected chi connectivity index (χ0v) is 21.3. The van der Waals surface area contributed by atoms with Crippen molar-refractivity contribution in [3.63, 3.8) is 0 Å². The van der Waals surface area contributed by atoms with Gasteiger partial charge in [-0.25, -0.2) is 9.79 Å². The predicted octanol–water partition coefficient (Wildman–Crippen LogP) is 6.64. The number of methoxy groups -OCH3 is 1. The van der Waals surface area contributed by atoms with Gasteiger partial charge in [0.05, 0.1) is 17.7 Å². The third kappa shape index (κ3) is 5.33. The van der Waals surface area contributed by atoms with E-state index in [2.05, 4.69) is 43.5 Å². The van der Waals surface area contributed by atoms with Crippen LogP contribution in [-0.2, 0) is 16.1 Å². The molecule has 0 aliphatic carbocycles. The topological polar surface area (TPSA) is 57.1 Å². The number of halogens is 3. The third-order valence-electron chi connectivity index (χ3n) is 4.55. The lowest BCUT2D eigenvalue weighted by atomic mass is 10.1. The Labute approximate surface area is 212 Å². The molecule has 3 aromatic rings. The van der Waals surface area contributed by atoms with Gasteiger partial charge in [-0.2, -0.15) is 0 Å². The van der Waals surface area contributed by atoms with Crippen LogP contribution in [0.25, 0.3) is 6.08 Å². The highest BCUT2D eigenvalue weighted by molar-refractivity contribution is 14.1. The van der Waals surface area contributed by atoms with Crippen LogP contribution in [0.2, 0.25) is 5.02 Å². The van der Waals surface area contributed by atoms with E-state index >= 15 is 0 Å². The van der Waals surface area contributed by atoms with Crippen LogP contribution in [0.4, 0.5) is 0 Å². The quantitative estimate of drug-likeness (QED) is 0.175. The molecule has 0 N–H and O–H groups in total. The second kappa shape index (κ2) is 10.1. The number of hydrogen-bond donors (Lipinski definition) is 0. The molecule has 5 nitrogen and oxygen atoms in total. The van der Waals surface area contributed by atoms with Crippen LogP contribution in [-0.4, -0.2) is 19.0 Å². The van der Waals surface area contributed by atoms with Crippen molar-refractivity contribution < 1.29 is 19.0 Å². The van der Waals surface area contributed by atoms with Crippen molar-refractivity contribution in [3.05, 3.63) is 96.1 Å². The largest absolute Gasteiger partial charge is 0.493 e. The average Bonchev–Trinajstić information content (AvgIpc) is 3.14. The van der Waals surface area contributed by atoms with E-state index in [1.807, 2.05) is 42.5 Å². The number of aliphatic imine (C=N–C) groups is 1. The molecule has 4 rings (SSSR count). The summed E-state index contributed by atoms with van der Waals surface area (Å²) in [5, 5.41) is 0.465. The molecule has 0 aromatic heterocycles. The Kier molecular flexibility index (Phi) is 7.17. The second-order valence-electron chi connectivity index (χ2n) is 6.79. The first-order chi connectivity index (χ1) is 15.4. The van der Waals surface area contributed by atoms with Gasteiger partial charge in [0.1, 0.15) is 6.61 Å². The van der Waals surface area contributed by atoms with Crippen LogP contribution >= 0.6 is 50.1 Å². The average molecular weight is 625 g/mol. The van der Waals surface area contributed by atoms with Crippen LogP contribution in [0.15, 0.2) is 75.8 Å². The van der Waals surface area contributed by atoms with Crippen molar-refractivity contribution in [1.29, 1.82) is 0 Å². The molecule has 1 aliphatic rings. The number of benzene rings is 3. The van der Waals surface area contributed by atoms with Crippen molar-refractivity contribution in [3.8, 4) is 11.5 Å². The zero-order chi connectivity index (χ0) is 22.7. The number of carbonyl (C=O) groups excluding carboxylic acids is 1. The molecule has 162 valence electrons. The first-order valence-electron chi connectivity index (χ1n) is 9.46. The van der Waals surface area contributed by atoms with Gasteiger partial charge in [0.25, 0.3) is 0 Å². The van der Waals surface area contributed by atoms with Gasteiger partial charge in [0, 0.05) is 8.04 Å². The monoisotopic (exact) mass is 623 g/mol. The summed E-state index contributed by atoms with van der Waals surface area (Å²) in [5.74, 6) is 0.790. The minimum Gasteiger partial charge on any atom is -0.493 e. The Morgan fingerprint density at radius 3 is 2.75 bits per heavy atom. The highest BCUT2D eigenvalue weighted by Crippen LogP contribution is 2.31. The van der Waals surface area contributed by atoms with E-state index in [1.165, 1.54) is 0 Å².